The van der Waals surface area contributed by atoms with Gasteiger partial charge in [-0.15, -0.1) is 0 Å². The first-order chi connectivity index (χ1) is 10.0. The van der Waals surface area contributed by atoms with E-state index in [2.05, 4.69) is 46.5 Å². The maximum absolute atomic E-state index is 5.67. The van der Waals surface area contributed by atoms with E-state index in [1.165, 1.54) is 34.2 Å². The Morgan fingerprint density at radius 2 is 1.57 bits per heavy atom. The molecule has 2 rings (SSSR count). The van der Waals surface area contributed by atoms with Gasteiger partial charge >= 0.3 is 0 Å². The first-order valence-corrected chi connectivity index (χ1v) is 7.81. The number of hydrogen-bond acceptors (Lipinski definition) is 2. The molecular formula is C19H26O2. The van der Waals surface area contributed by atoms with Crippen LogP contribution < -0.4 is 0 Å². The van der Waals surface area contributed by atoms with Gasteiger partial charge in [-0.25, -0.2) is 0 Å². The molecule has 1 aromatic rings. The standard InChI is InChI=1S/C19H26O2/c1-13-14(2)16(4)18(17(5)15(13)3)9-8-12-21-19-10-6-7-11-20-19/h19H,6-7,10-12H2,1-5H3. The normalized spacial score (nSPS) is 18.2. The van der Waals surface area contributed by atoms with Crippen molar-refractivity contribution in [3.63, 3.8) is 0 Å². The van der Waals surface area contributed by atoms with Gasteiger partial charge in [-0.2, -0.15) is 0 Å². The van der Waals surface area contributed by atoms with Gasteiger partial charge < -0.3 is 9.47 Å². The molecule has 1 fully saturated rings. The summed E-state index contributed by atoms with van der Waals surface area (Å²) in [7, 11) is 0. The lowest BCUT2D eigenvalue weighted by molar-refractivity contribution is -0.154. The second-order valence-electron chi connectivity index (χ2n) is 5.91. The zero-order valence-electron chi connectivity index (χ0n) is 13.9. The topological polar surface area (TPSA) is 18.5 Å². The fraction of sp³-hybridized carbons (Fsp3) is 0.579. The Hall–Kier alpha value is -1.30. The first kappa shape index (κ1) is 16.1. The third kappa shape index (κ3) is 3.67. The molecule has 1 heterocycles. The minimum absolute atomic E-state index is 0.0586. The average Bonchev–Trinajstić information content (AvgIpc) is 2.51. The van der Waals surface area contributed by atoms with Crippen molar-refractivity contribution >= 4 is 0 Å². The second kappa shape index (κ2) is 7.11. The lowest BCUT2D eigenvalue weighted by Crippen LogP contribution is -2.22. The Morgan fingerprint density at radius 3 is 2.14 bits per heavy atom. The van der Waals surface area contributed by atoms with E-state index in [-0.39, 0.29) is 6.29 Å². The van der Waals surface area contributed by atoms with Crippen molar-refractivity contribution in [3.05, 3.63) is 33.4 Å². The molecule has 0 N–H and O–H groups in total. The molecule has 1 aliphatic rings. The molecule has 1 aromatic carbocycles. The van der Waals surface area contributed by atoms with E-state index < -0.39 is 0 Å². The van der Waals surface area contributed by atoms with Gasteiger partial charge in [-0.3, -0.25) is 0 Å². The Labute approximate surface area is 128 Å². The molecular weight excluding hydrogens is 260 g/mol. The van der Waals surface area contributed by atoms with E-state index >= 15 is 0 Å². The van der Waals surface area contributed by atoms with E-state index in [9.17, 15) is 0 Å². The van der Waals surface area contributed by atoms with Crippen LogP contribution >= 0.6 is 0 Å². The molecule has 1 saturated heterocycles. The molecule has 0 aromatic heterocycles. The Morgan fingerprint density at radius 1 is 0.952 bits per heavy atom. The average molecular weight is 286 g/mol. The van der Waals surface area contributed by atoms with E-state index in [4.69, 9.17) is 9.47 Å². The van der Waals surface area contributed by atoms with Crippen LogP contribution in [0.5, 0.6) is 0 Å². The van der Waals surface area contributed by atoms with Gasteiger partial charge in [0.15, 0.2) is 6.29 Å². The predicted molar refractivity (Wildman–Crippen MR) is 86.5 cm³/mol. The van der Waals surface area contributed by atoms with Crippen LogP contribution in [0.25, 0.3) is 0 Å². The fourth-order valence-corrected chi connectivity index (χ4v) is 2.79. The van der Waals surface area contributed by atoms with Crippen LogP contribution in [-0.2, 0) is 9.47 Å². The highest BCUT2D eigenvalue weighted by Gasteiger charge is 2.13. The van der Waals surface area contributed by atoms with Crippen LogP contribution in [0.3, 0.4) is 0 Å². The first-order valence-electron chi connectivity index (χ1n) is 7.81. The highest BCUT2D eigenvalue weighted by atomic mass is 16.7. The zero-order chi connectivity index (χ0) is 15.4. The molecule has 1 aliphatic heterocycles. The van der Waals surface area contributed by atoms with Crippen LogP contribution in [0, 0.1) is 46.5 Å². The van der Waals surface area contributed by atoms with E-state index in [1.54, 1.807) is 0 Å². The molecule has 0 amide bonds. The van der Waals surface area contributed by atoms with Crippen LogP contribution in [0.4, 0.5) is 0 Å². The molecule has 0 aliphatic carbocycles. The molecule has 114 valence electrons. The summed E-state index contributed by atoms with van der Waals surface area (Å²) in [5.74, 6) is 6.45. The van der Waals surface area contributed by atoms with Gasteiger partial charge in [-0.1, -0.05) is 11.8 Å². The molecule has 0 bridgehead atoms. The van der Waals surface area contributed by atoms with Crippen molar-refractivity contribution in [3.8, 4) is 11.8 Å². The molecule has 0 spiro atoms. The van der Waals surface area contributed by atoms with Crippen molar-refractivity contribution in [2.24, 2.45) is 0 Å². The van der Waals surface area contributed by atoms with Crippen molar-refractivity contribution in [1.29, 1.82) is 0 Å². The number of ether oxygens (including phenoxy) is 2. The predicted octanol–water partition coefficient (Wildman–Crippen LogP) is 4.12. The van der Waals surface area contributed by atoms with Gasteiger partial charge in [0.05, 0.1) is 0 Å². The van der Waals surface area contributed by atoms with Gasteiger partial charge in [0.25, 0.3) is 0 Å². The quantitative estimate of drug-likeness (QED) is 0.761. The molecule has 21 heavy (non-hydrogen) atoms. The Kier molecular flexibility index (Phi) is 5.45. The van der Waals surface area contributed by atoms with Crippen molar-refractivity contribution < 1.29 is 9.47 Å². The summed E-state index contributed by atoms with van der Waals surface area (Å²) in [6.07, 6.45) is 3.26. The van der Waals surface area contributed by atoms with E-state index in [0.717, 1.165) is 25.0 Å². The number of benzene rings is 1. The summed E-state index contributed by atoms with van der Waals surface area (Å²) in [6, 6.07) is 0. The third-order valence-corrected chi connectivity index (χ3v) is 4.69. The monoisotopic (exact) mass is 286 g/mol. The fourth-order valence-electron chi connectivity index (χ4n) is 2.79. The minimum atomic E-state index is -0.0586. The van der Waals surface area contributed by atoms with Gasteiger partial charge in [0.1, 0.15) is 6.61 Å². The van der Waals surface area contributed by atoms with Crippen molar-refractivity contribution in [2.75, 3.05) is 13.2 Å². The van der Waals surface area contributed by atoms with Crippen LogP contribution in [0.15, 0.2) is 0 Å². The molecule has 0 saturated carbocycles. The zero-order valence-corrected chi connectivity index (χ0v) is 13.9. The Balaban J connectivity index is 2.08. The maximum atomic E-state index is 5.67. The van der Waals surface area contributed by atoms with Gasteiger partial charge in [0.2, 0.25) is 0 Å². The molecule has 1 unspecified atom stereocenters. The van der Waals surface area contributed by atoms with E-state index in [0.29, 0.717) is 6.61 Å². The van der Waals surface area contributed by atoms with E-state index in [1.807, 2.05) is 0 Å². The highest BCUT2D eigenvalue weighted by molar-refractivity contribution is 5.56. The van der Waals surface area contributed by atoms with Gasteiger partial charge in [0, 0.05) is 12.2 Å². The van der Waals surface area contributed by atoms with Crippen molar-refractivity contribution in [2.45, 2.75) is 60.2 Å². The number of hydrogen-bond donors (Lipinski definition) is 0. The SMILES string of the molecule is Cc1c(C)c(C)c(C#CCOC2CCCCO2)c(C)c1C. The smallest absolute Gasteiger partial charge is 0.158 e. The number of rotatable bonds is 2. The molecule has 2 nitrogen and oxygen atoms in total. The second-order valence-corrected chi connectivity index (χ2v) is 5.91. The summed E-state index contributed by atoms with van der Waals surface area (Å²) in [5, 5.41) is 0. The van der Waals surface area contributed by atoms with Crippen LogP contribution in [0.2, 0.25) is 0 Å². The summed E-state index contributed by atoms with van der Waals surface area (Å²) in [4.78, 5) is 0. The molecule has 2 heteroatoms. The highest BCUT2D eigenvalue weighted by Crippen LogP contribution is 2.25. The lowest BCUT2D eigenvalue weighted by atomic mass is 9.90. The van der Waals surface area contributed by atoms with Crippen LogP contribution in [0.1, 0.15) is 52.6 Å². The Bertz CT molecular complexity index is 540. The summed E-state index contributed by atoms with van der Waals surface area (Å²) in [6.45, 7) is 12.1. The summed E-state index contributed by atoms with van der Waals surface area (Å²) < 4.78 is 11.2. The van der Waals surface area contributed by atoms with Gasteiger partial charge in [-0.05, 0) is 81.7 Å². The summed E-state index contributed by atoms with van der Waals surface area (Å²) in [5.41, 5.74) is 7.80. The third-order valence-electron chi connectivity index (χ3n) is 4.69. The summed E-state index contributed by atoms with van der Waals surface area (Å²) >= 11 is 0. The molecule has 1 atom stereocenters. The minimum Gasteiger partial charge on any atom is -0.353 e. The van der Waals surface area contributed by atoms with Crippen molar-refractivity contribution in [1.82, 2.24) is 0 Å². The molecule has 0 radical (unpaired) electrons. The van der Waals surface area contributed by atoms with Crippen LogP contribution in [-0.4, -0.2) is 19.5 Å². The largest absolute Gasteiger partial charge is 0.353 e. The lowest BCUT2D eigenvalue weighted by Gasteiger charge is -2.21. The maximum Gasteiger partial charge on any atom is 0.158 e.